The summed E-state index contributed by atoms with van der Waals surface area (Å²) in [7, 11) is 1.82. The Bertz CT molecular complexity index is 421. The van der Waals surface area contributed by atoms with E-state index in [1.165, 1.54) is 11.1 Å². The van der Waals surface area contributed by atoms with Crippen LogP contribution in [0.2, 0.25) is 0 Å². The minimum absolute atomic E-state index is 0.188. The first-order valence-electron chi connectivity index (χ1n) is 8.25. The molecule has 0 aromatic heterocycles. The molecule has 0 aliphatic carbocycles. The quantitative estimate of drug-likeness (QED) is 0.795. The summed E-state index contributed by atoms with van der Waals surface area (Å²) < 4.78 is 11.8. The van der Waals surface area contributed by atoms with Crippen molar-refractivity contribution in [2.45, 2.75) is 57.8 Å². The predicted octanol–water partition coefficient (Wildman–Crippen LogP) is 3.48. The molecule has 3 nitrogen and oxygen atoms in total. The number of methoxy groups -OCH3 is 1. The molecule has 0 saturated carbocycles. The maximum Gasteiger partial charge on any atom is 0.0843 e. The molecule has 0 bridgehead atoms. The molecule has 0 radical (unpaired) electrons. The molecule has 2 rings (SSSR count). The van der Waals surface area contributed by atoms with Gasteiger partial charge in [-0.2, -0.15) is 0 Å². The highest BCUT2D eigenvalue weighted by molar-refractivity contribution is 5.31. The van der Waals surface area contributed by atoms with Crippen LogP contribution in [0.25, 0.3) is 0 Å². The number of benzene rings is 1. The van der Waals surface area contributed by atoms with E-state index in [0.717, 1.165) is 38.8 Å². The van der Waals surface area contributed by atoms with E-state index in [2.05, 4.69) is 43.4 Å². The van der Waals surface area contributed by atoms with Gasteiger partial charge in [-0.1, -0.05) is 44.5 Å². The summed E-state index contributed by atoms with van der Waals surface area (Å²) in [6, 6.07) is 9.02. The number of rotatable bonds is 8. The molecular weight excluding hydrogens is 262 g/mol. The number of nitrogens with one attached hydrogen (secondary N) is 1. The second-order valence-electron chi connectivity index (χ2n) is 5.77. The summed E-state index contributed by atoms with van der Waals surface area (Å²) in [4.78, 5) is 0. The molecule has 0 fully saturated rings. The van der Waals surface area contributed by atoms with E-state index in [-0.39, 0.29) is 12.2 Å². The van der Waals surface area contributed by atoms with Gasteiger partial charge >= 0.3 is 0 Å². The van der Waals surface area contributed by atoms with E-state index in [0.29, 0.717) is 6.04 Å². The summed E-state index contributed by atoms with van der Waals surface area (Å²) in [5.41, 5.74) is 2.80. The summed E-state index contributed by atoms with van der Waals surface area (Å²) in [6.07, 6.45) is 4.68. The van der Waals surface area contributed by atoms with Crippen molar-refractivity contribution in [3.63, 3.8) is 0 Å². The molecule has 118 valence electrons. The topological polar surface area (TPSA) is 30.5 Å². The first-order chi connectivity index (χ1) is 10.3. The Balaban J connectivity index is 2.10. The predicted molar refractivity (Wildman–Crippen MR) is 86.6 cm³/mol. The SMILES string of the molecule is CCCC(OC)C(CC1OCCc2ccccc21)NCC. The Labute approximate surface area is 129 Å². The van der Waals surface area contributed by atoms with Crippen LogP contribution >= 0.6 is 0 Å². The third-order valence-electron chi connectivity index (χ3n) is 4.35. The molecule has 0 amide bonds. The van der Waals surface area contributed by atoms with Crippen molar-refractivity contribution >= 4 is 0 Å². The zero-order valence-corrected chi connectivity index (χ0v) is 13.6. The van der Waals surface area contributed by atoms with E-state index >= 15 is 0 Å². The molecule has 3 unspecified atom stereocenters. The average molecular weight is 291 g/mol. The highest BCUT2D eigenvalue weighted by Crippen LogP contribution is 2.31. The Morgan fingerprint density at radius 2 is 2.14 bits per heavy atom. The minimum atomic E-state index is 0.188. The van der Waals surface area contributed by atoms with Crippen LogP contribution in [0, 0.1) is 0 Å². The number of hydrogen-bond acceptors (Lipinski definition) is 3. The van der Waals surface area contributed by atoms with E-state index in [1.54, 1.807) is 0 Å². The largest absolute Gasteiger partial charge is 0.380 e. The van der Waals surface area contributed by atoms with Gasteiger partial charge in [0.1, 0.15) is 0 Å². The van der Waals surface area contributed by atoms with Crippen molar-refractivity contribution in [1.29, 1.82) is 0 Å². The van der Waals surface area contributed by atoms with Gasteiger partial charge in [0.25, 0.3) is 0 Å². The van der Waals surface area contributed by atoms with Gasteiger partial charge in [0.15, 0.2) is 0 Å². The molecule has 1 aliphatic rings. The summed E-state index contributed by atoms with van der Waals surface area (Å²) >= 11 is 0. The van der Waals surface area contributed by atoms with E-state index in [4.69, 9.17) is 9.47 Å². The van der Waals surface area contributed by atoms with E-state index in [9.17, 15) is 0 Å². The van der Waals surface area contributed by atoms with Crippen LogP contribution in [-0.4, -0.2) is 32.4 Å². The first-order valence-corrected chi connectivity index (χ1v) is 8.25. The lowest BCUT2D eigenvalue weighted by atomic mass is 9.91. The summed E-state index contributed by atoms with van der Waals surface area (Å²) in [5, 5.41) is 3.59. The van der Waals surface area contributed by atoms with Crippen LogP contribution in [0.5, 0.6) is 0 Å². The van der Waals surface area contributed by atoms with Crippen LogP contribution in [0.1, 0.15) is 50.3 Å². The average Bonchev–Trinajstić information content (AvgIpc) is 2.52. The molecule has 3 heteroatoms. The maximum absolute atomic E-state index is 6.06. The number of hydrogen-bond donors (Lipinski definition) is 1. The van der Waals surface area contributed by atoms with Crippen molar-refractivity contribution < 1.29 is 9.47 Å². The highest BCUT2D eigenvalue weighted by Gasteiger charge is 2.28. The fourth-order valence-electron chi connectivity index (χ4n) is 3.30. The van der Waals surface area contributed by atoms with Gasteiger partial charge in [-0.15, -0.1) is 0 Å². The van der Waals surface area contributed by atoms with Crippen LogP contribution in [0.4, 0.5) is 0 Å². The van der Waals surface area contributed by atoms with Crippen molar-refractivity contribution in [3.8, 4) is 0 Å². The van der Waals surface area contributed by atoms with Crippen LogP contribution in [-0.2, 0) is 15.9 Å². The molecule has 1 N–H and O–H groups in total. The number of ether oxygens (including phenoxy) is 2. The minimum Gasteiger partial charge on any atom is -0.380 e. The Morgan fingerprint density at radius 1 is 1.33 bits per heavy atom. The van der Waals surface area contributed by atoms with Gasteiger partial charge in [-0.25, -0.2) is 0 Å². The van der Waals surface area contributed by atoms with Crippen molar-refractivity contribution in [2.24, 2.45) is 0 Å². The normalized spacial score (nSPS) is 20.8. The standard InChI is InChI=1S/C18H29NO2/c1-4-8-17(20-3)16(19-5-2)13-18-15-10-7-6-9-14(15)11-12-21-18/h6-7,9-10,16-19H,4-5,8,11-13H2,1-3H3. The number of likely N-dealkylation sites (N-methyl/N-ethyl adjacent to an activating group) is 1. The Kier molecular flexibility index (Phi) is 6.68. The second-order valence-corrected chi connectivity index (χ2v) is 5.77. The monoisotopic (exact) mass is 291 g/mol. The van der Waals surface area contributed by atoms with Crippen LogP contribution in [0.3, 0.4) is 0 Å². The molecular formula is C18H29NO2. The second kappa shape index (κ2) is 8.52. The van der Waals surface area contributed by atoms with E-state index < -0.39 is 0 Å². The fourth-order valence-corrected chi connectivity index (χ4v) is 3.30. The molecule has 1 aliphatic heterocycles. The van der Waals surface area contributed by atoms with Crippen molar-refractivity contribution in [3.05, 3.63) is 35.4 Å². The highest BCUT2D eigenvalue weighted by atomic mass is 16.5. The smallest absolute Gasteiger partial charge is 0.0843 e. The van der Waals surface area contributed by atoms with Gasteiger partial charge in [0, 0.05) is 13.2 Å². The molecule has 1 aromatic carbocycles. The van der Waals surface area contributed by atoms with Gasteiger partial charge in [-0.05, 0) is 36.9 Å². The van der Waals surface area contributed by atoms with E-state index in [1.807, 2.05) is 7.11 Å². The first kappa shape index (κ1) is 16.5. The molecule has 21 heavy (non-hydrogen) atoms. The summed E-state index contributed by atoms with van der Waals surface area (Å²) in [6.45, 7) is 6.15. The third-order valence-corrected chi connectivity index (χ3v) is 4.35. The van der Waals surface area contributed by atoms with Gasteiger partial charge in [0.2, 0.25) is 0 Å². The number of fused-ring (bicyclic) bond motifs is 1. The molecule has 1 heterocycles. The van der Waals surface area contributed by atoms with Crippen molar-refractivity contribution in [2.75, 3.05) is 20.3 Å². The zero-order valence-electron chi connectivity index (χ0n) is 13.6. The third kappa shape index (κ3) is 4.29. The Morgan fingerprint density at radius 3 is 2.86 bits per heavy atom. The molecule has 3 atom stereocenters. The lowest BCUT2D eigenvalue weighted by molar-refractivity contribution is -0.000295. The Hall–Kier alpha value is -0.900. The van der Waals surface area contributed by atoms with Gasteiger partial charge in [0.05, 0.1) is 18.8 Å². The maximum atomic E-state index is 6.06. The van der Waals surface area contributed by atoms with Crippen molar-refractivity contribution in [1.82, 2.24) is 5.32 Å². The van der Waals surface area contributed by atoms with Gasteiger partial charge < -0.3 is 14.8 Å². The fraction of sp³-hybridized carbons (Fsp3) is 0.667. The van der Waals surface area contributed by atoms with Crippen LogP contribution < -0.4 is 5.32 Å². The molecule has 1 aromatic rings. The molecule has 0 spiro atoms. The lowest BCUT2D eigenvalue weighted by Crippen LogP contribution is -2.42. The zero-order chi connectivity index (χ0) is 15.1. The van der Waals surface area contributed by atoms with Crippen LogP contribution in [0.15, 0.2) is 24.3 Å². The summed E-state index contributed by atoms with van der Waals surface area (Å²) in [5.74, 6) is 0. The van der Waals surface area contributed by atoms with Gasteiger partial charge in [-0.3, -0.25) is 0 Å². The lowest BCUT2D eigenvalue weighted by Gasteiger charge is -2.33. The molecule has 0 saturated heterocycles.